The molecule has 0 bridgehead atoms. The minimum atomic E-state index is -0.509. The number of nitrogens with zero attached hydrogens (tertiary/aromatic N) is 2. The number of hydrogen-bond donors (Lipinski definition) is 0. The first-order chi connectivity index (χ1) is 9.49. The minimum absolute atomic E-state index is 0.00874. The summed E-state index contributed by atoms with van der Waals surface area (Å²) < 4.78 is 27.2. The summed E-state index contributed by atoms with van der Waals surface area (Å²) in [4.78, 5) is 15.7. The number of benzene rings is 1. The predicted molar refractivity (Wildman–Crippen MR) is 73.1 cm³/mol. The van der Waals surface area contributed by atoms with Crippen molar-refractivity contribution in [3.8, 4) is 0 Å². The standard InChI is InChI=1S/C15H20F2N2O/c1-11(2)15(20)19-8-6-18(7-9-19)10-12-13(16)4-3-5-14(12)17/h3-5,11H,6-10H2,1-2H3. The second-order valence-corrected chi connectivity index (χ2v) is 5.46. The van der Waals surface area contributed by atoms with Crippen LogP contribution in [0.15, 0.2) is 18.2 Å². The average Bonchev–Trinajstić information content (AvgIpc) is 2.43. The number of amides is 1. The summed E-state index contributed by atoms with van der Waals surface area (Å²) in [7, 11) is 0. The fourth-order valence-corrected chi connectivity index (χ4v) is 2.40. The Kier molecular flexibility index (Phi) is 4.70. The van der Waals surface area contributed by atoms with Crippen molar-refractivity contribution >= 4 is 5.91 Å². The molecule has 1 aliphatic heterocycles. The van der Waals surface area contributed by atoms with Gasteiger partial charge in [0.2, 0.25) is 5.91 Å². The molecular formula is C15H20F2N2O. The molecule has 0 spiro atoms. The van der Waals surface area contributed by atoms with Crippen LogP contribution in [0.1, 0.15) is 19.4 Å². The van der Waals surface area contributed by atoms with Crippen LogP contribution >= 0.6 is 0 Å². The molecule has 0 N–H and O–H groups in total. The Morgan fingerprint density at radius 2 is 1.70 bits per heavy atom. The smallest absolute Gasteiger partial charge is 0.225 e. The van der Waals surface area contributed by atoms with Crippen LogP contribution in [-0.2, 0) is 11.3 Å². The number of halogens is 2. The van der Waals surface area contributed by atoms with Crippen LogP contribution in [0.5, 0.6) is 0 Å². The molecular weight excluding hydrogens is 262 g/mol. The van der Waals surface area contributed by atoms with Crippen LogP contribution in [0.25, 0.3) is 0 Å². The third kappa shape index (κ3) is 3.33. The summed E-state index contributed by atoms with van der Waals surface area (Å²) in [5.74, 6) is -0.886. The summed E-state index contributed by atoms with van der Waals surface area (Å²) in [6.07, 6.45) is 0. The highest BCUT2D eigenvalue weighted by atomic mass is 19.1. The van der Waals surface area contributed by atoms with E-state index in [-0.39, 0.29) is 23.9 Å². The second kappa shape index (κ2) is 6.31. The maximum Gasteiger partial charge on any atom is 0.225 e. The molecule has 1 aromatic carbocycles. The van der Waals surface area contributed by atoms with Gasteiger partial charge in [-0.2, -0.15) is 0 Å². The third-order valence-corrected chi connectivity index (χ3v) is 3.62. The summed E-state index contributed by atoms with van der Waals surface area (Å²) in [5.41, 5.74) is 0.108. The second-order valence-electron chi connectivity index (χ2n) is 5.46. The molecule has 1 aromatic rings. The molecule has 1 amide bonds. The first kappa shape index (κ1) is 14.9. The van der Waals surface area contributed by atoms with Gasteiger partial charge in [0, 0.05) is 44.2 Å². The van der Waals surface area contributed by atoms with Gasteiger partial charge in [-0.3, -0.25) is 9.69 Å². The molecule has 110 valence electrons. The summed E-state index contributed by atoms with van der Waals surface area (Å²) in [6.45, 7) is 6.54. The summed E-state index contributed by atoms with van der Waals surface area (Å²) >= 11 is 0. The highest BCUT2D eigenvalue weighted by Crippen LogP contribution is 2.16. The molecule has 1 aliphatic rings. The molecule has 1 saturated heterocycles. The van der Waals surface area contributed by atoms with Crippen LogP contribution in [0.2, 0.25) is 0 Å². The number of carbonyl (C=O) groups is 1. The van der Waals surface area contributed by atoms with E-state index in [1.54, 1.807) is 0 Å². The Morgan fingerprint density at radius 1 is 1.15 bits per heavy atom. The monoisotopic (exact) mass is 282 g/mol. The van der Waals surface area contributed by atoms with Gasteiger partial charge in [-0.15, -0.1) is 0 Å². The molecule has 3 nitrogen and oxygen atoms in total. The minimum Gasteiger partial charge on any atom is -0.340 e. The lowest BCUT2D eigenvalue weighted by molar-refractivity contribution is -0.136. The maximum atomic E-state index is 13.6. The highest BCUT2D eigenvalue weighted by molar-refractivity contribution is 5.78. The van der Waals surface area contributed by atoms with Crippen LogP contribution in [-0.4, -0.2) is 41.9 Å². The van der Waals surface area contributed by atoms with Gasteiger partial charge in [-0.25, -0.2) is 8.78 Å². The van der Waals surface area contributed by atoms with Crippen molar-refractivity contribution in [2.24, 2.45) is 5.92 Å². The molecule has 0 saturated carbocycles. The zero-order valence-corrected chi connectivity index (χ0v) is 11.9. The lowest BCUT2D eigenvalue weighted by Crippen LogP contribution is -2.49. The van der Waals surface area contributed by atoms with E-state index in [0.29, 0.717) is 26.2 Å². The van der Waals surface area contributed by atoms with Gasteiger partial charge in [0.05, 0.1) is 0 Å². The number of carbonyl (C=O) groups excluding carboxylic acids is 1. The Hall–Kier alpha value is -1.49. The van der Waals surface area contributed by atoms with Gasteiger partial charge < -0.3 is 4.90 Å². The Balaban J connectivity index is 1.93. The van der Waals surface area contributed by atoms with E-state index in [9.17, 15) is 13.6 Å². The molecule has 0 aromatic heterocycles. The van der Waals surface area contributed by atoms with Crippen molar-refractivity contribution in [3.05, 3.63) is 35.4 Å². The zero-order valence-electron chi connectivity index (χ0n) is 11.9. The number of hydrogen-bond acceptors (Lipinski definition) is 2. The van der Waals surface area contributed by atoms with E-state index < -0.39 is 11.6 Å². The lowest BCUT2D eigenvalue weighted by Gasteiger charge is -2.35. The van der Waals surface area contributed by atoms with Gasteiger partial charge >= 0.3 is 0 Å². The van der Waals surface area contributed by atoms with Crippen LogP contribution < -0.4 is 0 Å². The highest BCUT2D eigenvalue weighted by Gasteiger charge is 2.23. The van der Waals surface area contributed by atoms with E-state index in [2.05, 4.69) is 0 Å². The quantitative estimate of drug-likeness (QED) is 0.849. The van der Waals surface area contributed by atoms with Gasteiger partial charge in [0.15, 0.2) is 0 Å². The van der Waals surface area contributed by atoms with E-state index in [1.807, 2.05) is 23.6 Å². The van der Waals surface area contributed by atoms with Crippen molar-refractivity contribution in [1.29, 1.82) is 0 Å². The van der Waals surface area contributed by atoms with Crippen molar-refractivity contribution in [1.82, 2.24) is 9.80 Å². The Morgan fingerprint density at radius 3 is 2.20 bits per heavy atom. The van der Waals surface area contributed by atoms with Crippen molar-refractivity contribution in [2.75, 3.05) is 26.2 Å². The fourth-order valence-electron chi connectivity index (χ4n) is 2.40. The topological polar surface area (TPSA) is 23.6 Å². The third-order valence-electron chi connectivity index (χ3n) is 3.62. The largest absolute Gasteiger partial charge is 0.340 e. The van der Waals surface area contributed by atoms with Gasteiger partial charge in [0.1, 0.15) is 11.6 Å². The molecule has 0 aliphatic carbocycles. The molecule has 0 radical (unpaired) electrons. The number of piperazine rings is 1. The molecule has 0 unspecified atom stereocenters. The van der Waals surface area contributed by atoms with Crippen molar-refractivity contribution < 1.29 is 13.6 Å². The summed E-state index contributed by atoms with van der Waals surface area (Å²) in [5, 5.41) is 0. The normalized spacial score (nSPS) is 16.8. The van der Waals surface area contributed by atoms with Gasteiger partial charge in [0.25, 0.3) is 0 Å². The van der Waals surface area contributed by atoms with Crippen LogP contribution in [0.4, 0.5) is 8.78 Å². The maximum absolute atomic E-state index is 13.6. The van der Waals surface area contributed by atoms with Gasteiger partial charge in [-0.05, 0) is 12.1 Å². The first-order valence-electron chi connectivity index (χ1n) is 6.93. The Bertz CT molecular complexity index is 463. The molecule has 2 rings (SSSR count). The lowest BCUT2D eigenvalue weighted by atomic mass is 10.1. The predicted octanol–water partition coefficient (Wildman–Crippen LogP) is 2.27. The number of rotatable bonds is 3. The van der Waals surface area contributed by atoms with Crippen LogP contribution in [0.3, 0.4) is 0 Å². The van der Waals surface area contributed by atoms with Crippen molar-refractivity contribution in [3.63, 3.8) is 0 Å². The van der Waals surface area contributed by atoms with E-state index >= 15 is 0 Å². The fraction of sp³-hybridized carbons (Fsp3) is 0.533. The zero-order chi connectivity index (χ0) is 14.7. The molecule has 20 heavy (non-hydrogen) atoms. The molecule has 1 fully saturated rings. The Labute approximate surface area is 118 Å². The first-order valence-corrected chi connectivity index (χ1v) is 6.93. The van der Waals surface area contributed by atoms with Gasteiger partial charge in [-0.1, -0.05) is 19.9 Å². The molecule has 1 heterocycles. The van der Waals surface area contributed by atoms with Crippen molar-refractivity contribution in [2.45, 2.75) is 20.4 Å². The SMILES string of the molecule is CC(C)C(=O)N1CCN(Cc2c(F)cccc2F)CC1. The average molecular weight is 282 g/mol. The van der Waals surface area contributed by atoms with E-state index in [1.165, 1.54) is 18.2 Å². The molecule has 0 atom stereocenters. The summed E-state index contributed by atoms with van der Waals surface area (Å²) in [6, 6.07) is 3.92. The van der Waals surface area contributed by atoms with Crippen LogP contribution in [0, 0.1) is 17.6 Å². The van der Waals surface area contributed by atoms with E-state index in [0.717, 1.165) is 0 Å². The molecule has 5 heteroatoms. The van der Waals surface area contributed by atoms with E-state index in [4.69, 9.17) is 0 Å².